The normalized spacial score (nSPS) is 15.8. The molecule has 1 aromatic heterocycles. The highest BCUT2D eigenvalue weighted by molar-refractivity contribution is 14.0. The maximum absolute atomic E-state index is 10.7. The highest BCUT2D eigenvalue weighted by atomic mass is 127. The van der Waals surface area contributed by atoms with E-state index in [4.69, 9.17) is 0 Å². The summed E-state index contributed by atoms with van der Waals surface area (Å²) >= 11 is 1.59. The van der Waals surface area contributed by atoms with Crippen molar-refractivity contribution >= 4 is 47.0 Å². The van der Waals surface area contributed by atoms with Crippen LogP contribution in [0.25, 0.3) is 0 Å². The molecule has 0 amide bonds. The average molecular weight is 512 g/mol. The molecule has 1 aliphatic heterocycles. The van der Waals surface area contributed by atoms with Crippen LogP contribution in [-0.4, -0.2) is 37.2 Å². The van der Waals surface area contributed by atoms with Gasteiger partial charge in [0.05, 0.1) is 13.1 Å². The highest BCUT2D eigenvalue weighted by Gasteiger charge is 2.23. The first-order valence-corrected chi connectivity index (χ1v) is 10.3. The van der Waals surface area contributed by atoms with Crippen LogP contribution in [0.1, 0.15) is 25.0 Å². The molecule has 0 spiro atoms. The Morgan fingerprint density at radius 3 is 2.71 bits per heavy atom. The van der Waals surface area contributed by atoms with Gasteiger partial charge < -0.3 is 20.6 Å². The third-order valence-corrected chi connectivity index (χ3v) is 5.28. The predicted octanol–water partition coefficient (Wildman–Crippen LogP) is 3.71. The van der Waals surface area contributed by atoms with E-state index < -0.39 is 5.60 Å². The number of rotatable bonds is 7. The summed E-state index contributed by atoms with van der Waals surface area (Å²) in [5, 5.41) is 21.2. The predicted molar refractivity (Wildman–Crippen MR) is 130 cm³/mol. The number of hydrogen-bond donors (Lipinski definition) is 3. The van der Waals surface area contributed by atoms with Gasteiger partial charge in [0.25, 0.3) is 0 Å². The molecule has 0 radical (unpaired) electrons. The van der Waals surface area contributed by atoms with Crippen molar-refractivity contribution in [1.82, 2.24) is 10.6 Å². The first-order chi connectivity index (χ1) is 13.1. The molecule has 1 aromatic carbocycles. The lowest BCUT2D eigenvalue weighted by atomic mass is 9.99. The number of benzene rings is 1. The Morgan fingerprint density at radius 2 is 2.04 bits per heavy atom. The third kappa shape index (κ3) is 6.22. The molecule has 1 aliphatic rings. The Labute approximate surface area is 188 Å². The maximum atomic E-state index is 10.7. The van der Waals surface area contributed by atoms with Gasteiger partial charge in [0.1, 0.15) is 5.60 Å². The molecule has 1 atom stereocenters. The van der Waals surface area contributed by atoms with Crippen molar-refractivity contribution in [3.63, 3.8) is 0 Å². The van der Waals surface area contributed by atoms with Crippen LogP contribution >= 0.6 is 35.3 Å². The molecule has 1 unspecified atom stereocenters. The molecule has 5 nitrogen and oxygen atoms in total. The minimum Gasteiger partial charge on any atom is -0.384 e. The summed E-state index contributed by atoms with van der Waals surface area (Å²) in [6, 6.07) is 10.5. The summed E-state index contributed by atoms with van der Waals surface area (Å²) in [6.45, 7) is 7.55. The number of nitrogens with one attached hydrogen (secondary N) is 2. The summed E-state index contributed by atoms with van der Waals surface area (Å²) in [5.74, 6) is 0.709. The van der Waals surface area contributed by atoms with Crippen LogP contribution in [0, 0.1) is 0 Å². The molecule has 7 heteroatoms. The maximum Gasteiger partial charge on any atom is 0.191 e. The largest absolute Gasteiger partial charge is 0.384 e. The van der Waals surface area contributed by atoms with E-state index >= 15 is 0 Å². The Morgan fingerprint density at radius 1 is 1.25 bits per heavy atom. The van der Waals surface area contributed by atoms with E-state index in [2.05, 4.69) is 56.9 Å². The number of aliphatic hydroxyl groups is 1. The number of guanidine groups is 1. The first kappa shape index (κ1) is 22.7. The van der Waals surface area contributed by atoms with Crippen molar-refractivity contribution in [2.75, 3.05) is 31.1 Å². The van der Waals surface area contributed by atoms with Gasteiger partial charge in [-0.25, -0.2) is 4.99 Å². The van der Waals surface area contributed by atoms with Gasteiger partial charge in [0.2, 0.25) is 0 Å². The standard InChI is InChI=1S/C21H28N4OS.HI/c1-3-22-20(24-16-21(2,26)18-9-12-27-15-18)23-14-17-7-6-8-19(13-17)25-10-4-5-11-25;/h4-9,12-13,15,26H,3,10-11,14,16H2,1-2H3,(H2,22,23,24);1H. The van der Waals surface area contributed by atoms with Crippen molar-refractivity contribution in [2.24, 2.45) is 4.99 Å². The quantitative estimate of drug-likeness (QED) is 0.229. The molecule has 0 saturated heterocycles. The van der Waals surface area contributed by atoms with Gasteiger partial charge in [0, 0.05) is 25.3 Å². The topological polar surface area (TPSA) is 59.9 Å². The number of thiophene rings is 1. The van der Waals surface area contributed by atoms with Crippen molar-refractivity contribution < 1.29 is 5.11 Å². The highest BCUT2D eigenvalue weighted by Crippen LogP contribution is 2.22. The fraction of sp³-hybridized carbons (Fsp3) is 0.381. The van der Waals surface area contributed by atoms with Gasteiger partial charge in [-0.3, -0.25) is 0 Å². The van der Waals surface area contributed by atoms with Gasteiger partial charge in [-0.05, 0) is 53.9 Å². The van der Waals surface area contributed by atoms with Crippen LogP contribution in [0.2, 0.25) is 0 Å². The third-order valence-electron chi connectivity index (χ3n) is 4.60. The average Bonchev–Trinajstić information content (AvgIpc) is 3.38. The fourth-order valence-electron chi connectivity index (χ4n) is 2.98. The van der Waals surface area contributed by atoms with Crippen molar-refractivity contribution in [3.8, 4) is 0 Å². The summed E-state index contributed by atoms with van der Waals surface area (Å²) in [6.07, 6.45) is 4.38. The fourth-order valence-corrected chi connectivity index (χ4v) is 3.76. The summed E-state index contributed by atoms with van der Waals surface area (Å²) in [5.41, 5.74) is 2.38. The lowest BCUT2D eigenvalue weighted by Crippen LogP contribution is -2.44. The Balaban J connectivity index is 0.00000280. The molecule has 0 saturated carbocycles. The van der Waals surface area contributed by atoms with Gasteiger partial charge in [-0.2, -0.15) is 11.3 Å². The molecule has 152 valence electrons. The smallest absolute Gasteiger partial charge is 0.191 e. The second-order valence-electron chi connectivity index (χ2n) is 6.88. The van der Waals surface area contributed by atoms with E-state index in [1.165, 1.54) is 11.3 Å². The van der Waals surface area contributed by atoms with E-state index in [-0.39, 0.29) is 24.0 Å². The van der Waals surface area contributed by atoms with Crippen molar-refractivity contribution in [2.45, 2.75) is 26.0 Å². The SMILES string of the molecule is CCNC(=NCc1cccc(N2CC=CC2)c1)NCC(C)(O)c1ccsc1.I. The van der Waals surface area contributed by atoms with Crippen LogP contribution in [0.5, 0.6) is 0 Å². The zero-order chi connectivity index (χ0) is 19.1. The van der Waals surface area contributed by atoms with E-state index in [1.807, 2.05) is 30.7 Å². The van der Waals surface area contributed by atoms with Gasteiger partial charge in [-0.15, -0.1) is 24.0 Å². The minimum atomic E-state index is -0.932. The van der Waals surface area contributed by atoms with E-state index in [0.29, 0.717) is 19.0 Å². The number of aliphatic imine (C=N–C) groups is 1. The number of anilines is 1. The van der Waals surface area contributed by atoms with Crippen LogP contribution in [0.4, 0.5) is 5.69 Å². The summed E-state index contributed by atoms with van der Waals surface area (Å²) < 4.78 is 0. The molecule has 2 aromatic rings. The molecule has 0 aliphatic carbocycles. The van der Waals surface area contributed by atoms with E-state index in [0.717, 1.165) is 25.2 Å². The van der Waals surface area contributed by atoms with E-state index in [1.54, 1.807) is 11.3 Å². The van der Waals surface area contributed by atoms with Crippen molar-refractivity contribution in [1.29, 1.82) is 0 Å². The lowest BCUT2D eigenvalue weighted by Gasteiger charge is -2.24. The second-order valence-corrected chi connectivity index (χ2v) is 7.66. The molecular formula is C21H29IN4OS. The molecule has 28 heavy (non-hydrogen) atoms. The van der Waals surface area contributed by atoms with Crippen LogP contribution in [0.3, 0.4) is 0 Å². The van der Waals surface area contributed by atoms with Crippen LogP contribution < -0.4 is 15.5 Å². The molecule has 3 rings (SSSR count). The van der Waals surface area contributed by atoms with Gasteiger partial charge >= 0.3 is 0 Å². The first-order valence-electron chi connectivity index (χ1n) is 9.34. The number of hydrogen-bond acceptors (Lipinski definition) is 4. The van der Waals surface area contributed by atoms with Crippen molar-refractivity contribution in [3.05, 3.63) is 64.4 Å². The number of nitrogens with zero attached hydrogens (tertiary/aromatic N) is 2. The number of halogens is 1. The zero-order valence-electron chi connectivity index (χ0n) is 16.4. The Hall–Kier alpha value is -1.58. The molecule has 3 N–H and O–H groups in total. The lowest BCUT2D eigenvalue weighted by molar-refractivity contribution is 0.0621. The second kappa shape index (κ2) is 10.8. The zero-order valence-corrected chi connectivity index (χ0v) is 19.5. The monoisotopic (exact) mass is 512 g/mol. The van der Waals surface area contributed by atoms with Gasteiger partial charge in [-0.1, -0.05) is 24.3 Å². The van der Waals surface area contributed by atoms with E-state index in [9.17, 15) is 5.11 Å². The summed E-state index contributed by atoms with van der Waals surface area (Å²) in [7, 11) is 0. The molecule has 0 bridgehead atoms. The minimum absolute atomic E-state index is 0. The van der Waals surface area contributed by atoms with Gasteiger partial charge in [0.15, 0.2) is 5.96 Å². The molecule has 2 heterocycles. The molecule has 0 fully saturated rings. The Bertz CT molecular complexity index is 781. The van der Waals surface area contributed by atoms with Crippen LogP contribution in [-0.2, 0) is 12.1 Å². The Kier molecular flexibility index (Phi) is 8.78. The van der Waals surface area contributed by atoms with Crippen LogP contribution in [0.15, 0.2) is 58.2 Å². The summed E-state index contributed by atoms with van der Waals surface area (Å²) in [4.78, 5) is 7.02. The molecular weight excluding hydrogens is 483 g/mol.